The van der Waals surface area contributed by atoms with Crippen molar-refractivity contribution in [2.75, 3.05) is 32.1 Å². The number of halogens is 1. The van der Waals surface area contributed by atoms with E-state index in [0.717, 1.165) is 25.1 Å². The molecule has 0 radical (unpaired) electrons. The molecule has 1 aliphatic heterocycles. The van der Waals surface area contributed by atoms with E-state index in [1.54, 1.807) is 6.07 Å². The van der Waals surface area contributed by atoms with Crippen molar-refractivity contribution in [3.8, 4) is 0 Å². The Kier molecular flexibility index (Phi) is 4.42. The Hall–Kier alpha value is -1.13. The van der Waals surface area contributed by atoms with Gasteiger partial charge in [-0.25, -0.2) is 4.39 Å². The standard InChI is InChI=1S/C15H24FN3/c1-11(17)13-7-4-8-14(16)15(13)19-9-5-6-12(10-19)18(2)3/h4,7-8,11-12H,5-6,9-10,17H2,1-3H3/t11-,12?/m1/s1. The van der Waals surface area contributed by atoms with E-state index in [1.165, 1.54) is 12.5 Å². The summed E-state index contributed by atoms with van der Waals surface area (Å²) < 4.78 is 14.2. The Morgan fingerprint density at radius 3 is 2.79 bits per heavy atom. The minimum atomic E-state index is -0.158. The van der Waals surface area contributed by atoms with Gasteiger partial charge >= 0.3 is 0 Å². The molecule has 1 saturated heterocycles. The normalized spacial score (nSPS) is 21.8. The monoisotopic (exact) mass is 265 g/mol. The number of piperidine rings is 1. The third kappa shape index (κ3) is 3.07. The zero-order chi connectivity index (χ0) is 14.0. The highest BCUT2D eigenvalue weighted by Gasteiger charge is 2.25. The van der Waals surface area contributed by atoms with Gasteiger partial charge in [0.05, 0.1) is 5.69 Å². The molecule has 1 aromatic rings. The summed E-state index contributed by atoms with van der Waals surface area (Å²) in [4.78, 5) is 4.38. The van der Waals surface area contributed by atoms with E-state index in [2.05, 4.69) is 23.9 Å². The summed E-state index contributed by atoms with van der Waals surface area (Å²) in [6.45, 7) is 3.68. The van der Waals surface area contributed by atoms with E-state index in [1.807, 2.05) is 13.0 Å². The lowest BCUT2D eigenvalue weighted by Crippen LogP contribution is -2.45. The Balaban J connectivity index is 2.30. The van der Waals surface area contributed by atoms with Crippen LogP contribution in [0.1, 0.15) is 31.4 Å². The van der Waals surface area contributed by atoms with Gasteiger partial charge in [-0.3, -0.25) is 0 Å². The molecule has 1 fully saturated rings. The van der Waals surface area contributed by atoms with E-state index in [0.29, 0.717) is 11.7 Å². The summed E-state index contributed by atoms with van der Waals surface area (Å²) in [6, 6.07) is 5.54. The highest BCUT2D eigenvalue weighted by Crippen LogP contribution is 2.31. The van der Waals surface area contributed by atoms with Crippen molar-refractivity contribution in [3.05, 3.63) is 29.6 Å². The van der Waals surface area contributed by atoms with E-state index in [4.69, 9.17) is 5.73 Å². The van der Waals surface area contributed by atoms with Crippen LogP contribution < -0.4 is 10.6 Å². The first-order valence-electron chi connectivity index (χ1n) is 6.96. The fourth-order valence-electron chi connectivity index (χ4n) is 2.81. The largest absolute Gasteiger partial charge is 0.367 e. The van der Waals surface area contributed by atoms with Crippen molar-refractivity contribution >= 4 is 5.69 Å². The van der Waals surface area contributed by atoms with Crippen LogP contribution in [-0.2, 0) is 0 Å². The average Bonchev–Trinajstić information content (AvgIpc) is 2.38. The second-order valence-electron chi connectivity index (χ2n) is 5.67. The summed E-state index contributed by atoms with van der Waals surface area (Å²) in [6.07, 6.45) is 2.26. The maximum absolute atomic E-state index is 14.2. The van der Waals surface area contributed by atoms with E-state index < -0.39 is 0 Å². The molecule has 1 heterocycles. The van der Waals surface area contributed by atoms with Crippen LogP contribution in [0, 0.1) is 5.82 Å². The number of nitrogens with two attached hydrogens (primary N) is 1. The van der Waals surface area contributed by atoms with E-state index >= 15 is 0 Å². The van der Waals surface area contributed by atoms with Gasteiger partial charge in [-0.1, -0.05) is 12.1 Å². The second-order valence-corrected chi connectivity index (χ2v) is 5.67. The van der Waals surface area contributed by atoms with Gasteiger partial charge in [0.2, 0.25) is 0 Å². The fourth-order valence-corrected chi connectivity index (χ4v) is 2.81. The number of para-hydroxylation sites is 1. The number of benzene rings is 1. The first kappa shape index (κ1) is 14.3. The van der Waals surface area contributed by atoms with Gasteiger partial charge < -0.3 is 15.5 Å². The number of anilines is 1. The Morgan fingerprint density at radius 1 is 1.42 bits per heavy atom. The van der Waals surface area contributed by atoms with Crippen LogP contribution in [0.15, 0.2) is 18.2 Å². The third-order valence-corrected chi connectivity index (χ3v) is 3.95. The van der Waals surface area contributed by atoms with Gasteiger partial charge in [-0.05, 0) is 45.5 Å². The van der Waals surface area contributed by atoms with E-state index in [9.17, 15) is 4.39 Å². The SMILES string of the molecule is C[C@@H](N)c1cccc(F)c1N1CCCC(N(C)C)C1. The number of hydrogen-bond donors (Lipinski definition) is 1. The van der Waals surface area contributed by atoms with Crippen LogP contribution in [0.4, 0.5) is 10.1 Å². The summed E-state index contributed by atoms with van der Waals surface area (Å²) >= 11 is 0. The quantitative estimate of drug-likeness (QED) is 0.910. The number of likely N-dealkylation sites (N-methyl/N-ethyl adjacent to an activating group) is 1. The molecule has 0 aromatic heterocycles. The highest BCUT2D eigenvalue weighted by molar-refractivity contribution is 5.56. The van der Waals surface area contributed by atoms with E-state index in [-0.39, 0.29) is 11.9 Å². The van der Waals surface area contributed by atoms with Crippen LogP contribution in [0.2, 0.25) is 0 Å². The predicted molar refractivity (Wildman–Crippen MR) is 77.9 cm³/mol. The van der Waals surface area contributed by atoms with Crippen molar-refractivity contribution in [1.29, 1.82) is 0 Å². The molecule has 0 spiro atoms. The fraction of sp³-hybridized carbons (Fsp3) is 0.600. The molecule has 3 nitrogen and oxygen atoms in total. The molecule has 2 rings (SSSR count). The van der Waals surface area contributed by atoms with Crippen LogP contribution in [-0.4, -0.2) is 38.1 Å². The van der Waals surface area contributed by atoms with Crippen LogP contribution >= 0.6 is 0 Å². The van der Waals surface area contributed by atoms with Crippen molar-refractivity contribution in [1.82, 2.24) is 4.90 Å². The zero-order valence-electron chi connectivity index (χ0n) is 12.1. The molecule has 2 N–H and O–H groups in total. The molecule has 19 heavy (non-hydrogen) atoms. The van der Waals surface area contributed by atoms with Crippen LogP contribution in [0.25, 0.3) is 0 Å². The molecule has 0 aliphatic carbocycles. The third-order valence-electron chi connectivity index (χ3n) is 3.95. The zero-order valence-corrected chi connectivity index (χ0v) is 12.1. The maximum Gasteiger partial charge on any atom is 0.146 e. The average molecular weight is 265 g/mol. The molecule has 2 atom stereocenters. The lowest BCUT2D eigenvalue weighted by molar-refractivity contribution is 0.257. The first-order chi connectivity index (χ1) is 9.00. The lowest BCUT2D eigenvalue weighted by Gasteiger charge is -2.38. The molecular formula is C15H24FN3. The Labute approximate surface area is 115 Å². The highest BCUT2D eigenvalue weighted by atomic mass is 19.1. The molecule has 0 amide bonds. The molecule has 106 valence electrons. The lowest BCUT2D eigenvalue weighted by atomic mass is 10.00. The second kappa shape index (κ2) is 5.88. The van der Waals surface area contributed by atoms with Crippen molar-refractivity contribution in [2.45, 2.75) is 31.8 Å². The number of rotatable bonds is 3. The minimum Gasteiger partial charge on any atom is -0.367 e. The molecule has 0 saturated carbocycles. The first-order valence-corrected chi connectivity index (χ1v) is 6.96. The Bertz CT molecular complexity index is 431. The molecule has 1 aliphatic rings. The molecule has 1 aromatic carbocycles. The number of hydrogen-bond acceptors (Lipinski definition) is 3. The van der Waals surface area contributed by atoms with Crippen LogP contribution in [0.5, 0.6) is 0 Å². The minimum absolute atomic E-state index is 0.148. The topological polar surface area (TPSA) is 32.5 Å². The molecule has 4 heteroatoms. The summed E-state index contributed by atoms with van der Waals surface area (Å²) in [7, 11) is 4.17. The van der Waals surface area contributed by atoms with Gasteiger partial charge in [-0.2, -0.15) is 0 Å². The molecule has 1 unspecified atom stereocenters. The van der Waals surface area contributed by atoms with Crippen molar-refractivity contribution in [2.24, 2.45) is 5.73 Å². The van der Waals surface area contributed by atoms with Gasteiger partial charge in [-0.15, -0.1) is 0 Å². The van der Waals surface area contributed by atoms with Crippen molar-refractivity contribution < 1.29 is 4.39 Å². The molecule has 0 bridgehead atoms. The smallest absolute Gasteiger partial charge is 0.146 e. The maximum atomic E-state index is 14.2. The van der Waals surface area contributed by atoms with Gasteiger partial charge in [0.25, 0.3) is 0 Å². The number of nitrogens with zero attached hydrogens (tertiary/aromatic N) is 2. The van der Waals surface area contributed by atoms with Gasteiger partial charge in [0.1, 0.15) is 5.82 Å². The van der Waals surface area contributed by atoms with Gasteiger partial charge in [0, 0.05) is 25.2 Å². The van der Waals surface area contributed by atoms with Crippen LogP contribution in [0.3, 0.4) is 0 Å². The summed E-state index contributed by atoms with van der Waals surface area (Å²) in [5.74, 6) is -0.158. The Morgan fingerprint density at radius 2 is 2.16 bits per heavy atom. The van der Waals surface area contributed by atoms with Gasteiger partial charge in [0.15, 0.2) is 0 Å². The predicted octanol–water partition coefficient (Wildman–Crippen LogP) is 2.38. The molecular weight excluding hydrogens is 241 g/mol. The summed E-state index contributed by atoms with van der Waals surface area (Å²) in [5, 5.41) is 0. The summed E-state index contributed by atoms with van der Waals surface area (Å²) in [5.41, 5.74) is 7.58. The van der Waals surface area contributed by atoms with Crippen molar-refractivity contribution in [3.63, 3.8) is 0 Å².